The third kappa shape index (κ3) is 5.87. The molecular formula is C13H21BN2O3. The zero-order valence-corrected chi connectivity index (χ0v) is 11.2. The van der Waals surface area contributed by atoms with Gasteiger partial charge in [0, 0.05) is 12.1 Å². The van der Waals surface area contributed by atoms with E-state index in [1.807, 2.05) is 7.05 Å². The van der Waals surface area contributed by atoms with Crippen LogP contribution in [0, 0.1) is 0 Å². The Kier molecular flexibility index (Phi) is 7.17. The lowest BCUT2D eigenvalue weighted by Crippen LogP contribution is -2.30. The van der Waals surface area contributed by atoms with Gasteiger partial charge in [0.2, 0.25) is 0 Å². The van der Waals surface area contributed by atoms with Gasteiger partial charge in [0.1, 0.15) is 0 Å². The smallest absolute Gasteiger partial charge is 0.423 e. The van der Waals surface area contributed by atoms with Crippen molar-refractivity contribution < 1.29 is 14.8 Å². The van der Waals surface area contributed by atoms with Crippen molar-refractivity contribution in [3.63, 3.8) is 0 Å². The number of hydrogen-bond acceptors (Lipinski definition) is 4. The van der Waals surface area contributed by atoms with Crippen LogP contribution < -0.4 is 16.1 Å². The number of benzene rings is 1. The molecule has 0 spiro atoms. The molecule has 104 valence electrons. The fourth-order valence-electron chi connectivity index (χ4n) is 1.71. The maximum absolute atomic E-state index is 11.8. The van der Waals surface area contributed by atoms with Gasteiger partial charge >= 0.3 is 7.12 Å². The summed E-state index contributed by atoms with van der Waals surface area (Å²) in [6.45, 7) is 1.66. The first-order valence-corrected chi connectivity index (χ1v) is 6.54. The van der Waals surface area contributed by atoms with Gasteiger partial charge in [-0.25, -0.2) is 0 Å². The van der Waals surface area contributed by atoms with Crippen molar-refractivity contribution in [2.24, 2.45) is 0 Å². The summed E-state index contributed by atoms with van der Waals surface area (Å²) in [7, 11) is 0.429. The highest BCUT2D eigenvalue weighted by atomic mass is 16.4. The number of unbranched alkanes of at least 4 members (excludes halogenated alkanes) is 2. The van der Waals surface area contributed by atoms with Crippen molar-refractivity contribution in [1.82, 2.24) is 10.6 Å². The first kappa shape index (κ1) is 15.7. The lowest BCUT2D eigenvalue weighted by atomic mass is 9.80. The summed E-state index contributed by atoms with van der Waals surface area (Å²) in [6, 6.07) is 6.25. The van der Waals surface area contributed by atoms with Crippen molar-refractivity contribution in [3.8, 4) is 0 Å². The summed E-state index contributed by atoms with van der Waals surface area (Å²) in [6.07, 6.45) is 3.15. The molecule has 19 heavy (non-hydrogen) atoms. The number of rotatable bonds is 8. The Morgan fingerprint density at radius 2 is 1.74 bits per heavy atom. The zero-order chi connectivity index (χ0) is 14.1. The molecule has 0 saturated heterocycles. The van der Waals surface area contributed by atoms with Gasteiger partial charge in [-0.05, 0) is 44.0 Å². The van der Waals surface area contributed by atoms with Crippen LogP contribution in [0.5, 0.6) is 0 Å². The second kappa shape index (κ2) is 8.69. The van der Waals surface area contributed by atoms with Crippen molar-refractivity contribution in [1.29, 1.82) is 0 Å². The van der Waals surface area contributed by atoms with E-state index in [-0.39, 0.29) is 5.91 Å². The molecule has 0 saturated carbocycles. The van der Waals surface area contributed by atoms with Crippen LogP contribution >= 0.6 is 0 Å². The summed E-state index contributed by atoms with van der Waals surface area (Å²) in [5.41, 5.74) is 0.906. The Morgan fingerprint density at radius 3 is 2.32 bits per heavy atom. The van der Waals surface area contributed by atoms with Crippen molar-refractivity contribution in [3.05, 3.63) is 29.8 Å². The Bertz CT molecular complexity index is 382. The van der Waals surface area contributed by atoms with E-state index in [4.69, 9.17) is 10.0 Å². The molecule has 4 N–H and O–H groups in total. The Morgan fingerprint density at radius 1 is 1.11 bits per heavy atom. The van der Waals surface area contributed by atoms with Gasteiger partial charge < -0.3 is 20.7 Å². The molecule has 1 aromatic rings. The molecule has 0 atom stereocenters. The lowest BCUT2D eigenvalue weighted by molar-refractivity contribution is 0.0953. The minimum Gasteiger partial charge on any atom is -0.423 e. The Labute approximate surface area is 114 Å². The highest BCUT2D eigenvalue weighted by Crippen LogP contribution is 1.98. The summed E-state index contributed by atoms with van der Waals surface area (Å²) in [5.74, 6) is -0.132. The fourth-order valence-corrected chi connectivity index (χ4v) is 1.71. The van der Waals surface area contributed by atoms with Gasteiger partial charge in [-0.3, -0.25) is 4.79 Å². The number of carbonyl (C=O) groups is 1. The molecular weight excluding hydrogens is 243 g/mol. The van der Waals surface area contributed by atoms with Gasteiger partial charge in [0.25, 0.3) is 5.91 Å². The Balaban J connectivity index is 2.29. The molecule has 1 amide bonds. The molecule has 0 aliphatic carbocycles. The van der Waals surface area contributed by atoms with Crippen molar-refractivity contribution in [2.45, 2.75) is 19.3 Å². The molecule has 0 bridgehead atoms. The third-order valence-electron chi connectivity index (χ3n) is 2.86. The maximum atomic E-state index is 11.8. The highest BCUT2D eigenvalue weighted by molar-refractivity contribution is 6.58. The van der Waals surface area contributed by atoms with Gasteiger partial charge in [0.15, 0.2) is 0 Å². The molecule has 5 nitrogen and oxygen atoms in total. The SMILES string of the molecule is CNCCCCCNC(=O)c1ccc(B(O)O)cc1. The van der Waals surface area contributed by atoms with Gasteiger partial charge in [-0.1, -0.05) is 18.6 Å². The van der Waals surface area contributed by atoms with Crippen LogP contribution in [0.2, 0.25) is 0 Å². The first-order chi connectivity index (χ1) is 9.15. The molecule has 0 aliphatic heterocycles. The van der Waals surface area contributed by atoms with Crippen LogP contribution in [0.15, 0.2) is 24.3 Å². The number of hydrogen-bond donors (Lipinski definition) is 4. The van der Waals surface area contributed by atoms with E-state index >= 15 is 0 Å². The molecule has 0 aliphatic rings. The average Bonchev–Trinajstić information content (AvgIpc) is 2.42. The predicted octanol–water partition coefficient (Wildman–Crippen LogP) is -0.514. The standard InChI is InChI=1S/C13H21BN2O3/c1-15-9-3-2-4-10-16-13(17)11-5-7-12(8-6-11)14(18)19/h5-8,15,18-19H,2-4,9-10H2,1H3,(H,16,17). The van der Waals surface area contributed by atoms with Crippen LogP contribution in [0.1, 0.15) is 29.6 Å². The molecule has 0 radical (unpaired) electrons. The van der Waals surface area contributed by atoms with E-state index < -0.39 is 7.12 Å². The van der Waals surface area contributed by atoms with Crippen LogP contribution in [0.25, 0.3) is 0 Å². The zero-order valence-electron chi connectivity index (χ0n) is 11.2. The summed E-state index contributed by atoms with van der Waals surface area (Å²) >= 11 is 0. The maximum Gasteiger partial charge on any atom is 0.488 e. The quantitative estimate of drug-likeness (QED) is 0.376. The van der Waals surface area contributed by atoms with Gasteiger partial charge in [-0.15, -0.1) is 0 Å². The molecule has 1 rings (SSSR count). The van der Waals surface area contributed by atoms with E-state index in [1.165, 1.54) is 12.1 Å². The molecule has 1 aromatic carbocycles. The average molecular weight is 264 g/mol. The number of carbonyl (C=O) groups excluding carboxylic acids is 1. The van der Waals surface area contributed by atoms with Crippen LogP contribution in [0.3, 0.4) is 0 Å². The van der Waals surface area contributed by atoms with Crippen LogP contribution in [-0.2, 0) is 0 Å². The lowest BCUT2D eigenvalue weighted by Gasteiger charge is -2.06. The fraction of sp³-hybridized carbons (Fsp3) is 0.462. The van der Waals surface area contributed by atoms with Crippen molar-refractivity contribution in [2.75, 3.05) is 20.1 Å². The highest BCUT2D eigenvalue weighted by Gasteiger charge is 2.11. The van der Waals surface area contributed by atoms with E-state index in [2.05, 4.69) is 10.6 Å². The summed E-state index contributed by atoms with van der Waals surface area (Å²) in [4.78, 5) is 11.8. The van der Waals surface area contributed by atoms with Crippen molar-refractivity contribution >= 4 is 18.5 Å². The number of amides is 1. The minimum atomic E-state index is -1.50. The van der Waals surface area contributed by atoms with E-state index in [0.29, 0.717) is 17.6 Å². The van der Waals surface area contributed by atoms with Crippen LogP contribution in [0.4, 0.5) is 0 Å². The third-order valence-corrected chi connectivity index (χ3v) is 2.86. The minimum absolute atomic E-state index is 0.132. The first-order valence-electron chi connectivity index (χ1n) is 6.54. The molecule has 6 heteroatoms. The van der Waals surface area contributed by atoms with E-state index in [1.54, 1.807) is 12.1 Å². The Hall–Kier alpha value is -1.37. The van der Waals surface area contributed by atoms with E-state index in [9.17, 15) is 4.79 Å². The van der Waals surface area contributed by atoms with Gasteiger partial charge in [-0.2, -0.15) is 0 Å². The second-order valence-corrected chi connectivity index (χ2v) is 4.42. The molecule has 0 aromatic heterocycles. The largest absolute Gasteiger partial charge is 0.488 e. The summed E-state index contributed by atoms with van der Waals surface area (Å²) < 4.78 is 0. The van der Waals surface area contributed by atoms with Gasteiger partial charge in [0.05, 0.1) is 0 Å². The molecule has 0 unspecified atom stereocenters. The van der Waals surface area contributed by atoms with E-state index in [0.717, 1.165) is 25.8 Å². The second-order valence-electron chi connectivity index (χ2n) is 4.42. The number of nitrogens with one attached hydrogen (secondary N) is 2. The topological polar surface area (TPSA) is 81.6 Å². The predicted molar refractivity (Wildman–Crippen MR) is 76.4 cm³/mol. The molecule has 0 heterocycles. The summed E-state index contributed by atoms with van der Waals surface area (Å²) in [5, 5.41) is 23.8. The molecule has 0 fully saturated rings. The van der Waals surface area contributed by atoms with Crippen LogP contribution in [-0.4, -0.2) is 43.2 Å². The monoisotopic (exact) mass is 264 g/mol. The normalized spacial score (nSPS) is 10.3.